The molecule has 0 radical (unpaired) electrons. The van der Waals surface area contributed by atoms with Crippen LogP contribution in [0.4, 0.5) is 13.9 Å². The number of aromatic nitrogens is 1. The van der Waals surface area contributed by atoms with E-state index in [1.807, 2.05) is 30.3 Å². The third-order valence-corrected chi connectivity index (χ3v) is 5.39. The molecular formula is C21H13ClF2N2OS. The molecule has 3 nitrogen and oxygen atoms in total. The first-order chi connectivity index (χ1) is 13.5. The highest BCUT2D eigenvalue weighted by Gasteiger charge is 2.23. The van der Waals surface area contributed by atoms with Gasteiger partial charge in [0.15, 0.2) is 10.9 Å². The van der Waals surface area contributed by atoms with E-state index in [1.54, 1.807) is 24.3 Å². The van der Waals surface area contributed by atoms with Gasteiger partial charge in [-0.25, -0.2) is 13.8 Å². The number of nitrogens with zero attached hydrogens (tertiary/aromatic N) is 2. The van der Waals surface area contributed by atoms with Crippen LogP contribution in [0.15, 0.2) is 66.7 Å². The fourth-order valence-electron chi connectivity index (χ4n) is 2.83. The number of carbonyl (C=O) groups excluding carboxylic acids is 1. The largest absolute Gasteiger partial charge is 0.279 e. The number of rotatable bonds is 4. The summed E-state index contributed by atoms with van der Waals surface area (Å²) in [7, 11) is 0. The molecule has 0 unspecified atom stereocenters. The molecule has 0 aliphatic heterocycles. The van der Waals surface area contributed by atoms with Crippen molar-refractivity contribution in [3.8, 4) is 0 Å². The Morgan fingerprint density at radius 2 is 1.82 bits per heavy atom. The number of halogens is 3. The van der Waals surface area contributed by atoms with Gasteiger partial charge in [0.2, 0.25) is 0 Å². The monoisotopic (exact) mass is 414 g/mol. The first-order valence-electron chi connectivity index (χ1n) is 8.38. The topological polar surface area (TPSA) is 33.2 Å². The van der Waals surface area contributed by atoms with Crippen molar-refractivity contribution in [2.24, 2.45) is 0 Å². The predicted octanol–water partition coefficient (Wildman–Crippen LogP) is 6.07. The molecule has 4 aromatic rings. The van der Waals surface area contributed by atoms with Gasteiger partial charge in [0.1, 0.15) is 11.3 Å². The molecule has 0 spiro atoms. The Kier molecular flexibility index (Phi) is 5.07. The zero-order valence-electron chi connectivity index (χ0n) is 14.4. The van der Waals surface area contributed by atoms with Gasteiger partial charge in [-0.2, -0.15) is 0 Å². The number of carbonyl (C=O) groups is 1. The lowest BCUT2D eigenvalue weighted by atomic mass is 10.1. The molecule has 28 heavy (non-hydrogen) atoms. The SMILES string of the molecule is O=C(c1cccc(Cl)c1)N(Cc1ccccc1)c1nc2c(F)cc(F)cc2s1. The Labute approximate surface area is 168 Å². The van der Waals surface area contributed by atoms with Crippen LogP contribution in [0, 0.1) is 11.6 Å². The molecule has 0 aliphatic carbocycles. The van der Waals surface area contributed by atoms with E-state index < -0.39 is 11.6 Å². The van der Waals surface area contributed by atoms with Gasteiger partial charge >= 0.3 is 0 Å². The maximum absolute atomic E-state index is 14.1. The van der Waals surface area contributed by atoms with Crippen molar-refractivity contribution < 1.29 is 13.6 Å². The highest BCUT2D eigenvalue weighted by molar-refractivity contribution is 7.22. The second-order valence-corrected chi connectivity index (χ2v) is 7.56. The molecule has 7 heteroatoms. The smallest absolute Gasteiger partial charge is 0.260 e. The number of anilines is 1. The van der Waals surface area contributed by atoms with E-state index >= 15 is 0 Å². The quantitative estimate of drug-likeness (QED) is 0.405. The molecule has 0 atom stereocenters. The van der Waals surface area contributed by atoms with Crippen LogP contribution in [-0.2, 0) is 6.54 Å². The molecule has 3 aromatic carbocycles. The molecule has 0 fully saturated rings. The summed E-state index contributed by atoms with van der Waals surface area (Å²) in [4.78, 5) is 18.9. The molecule has 0 bridgehead atoms. The summed E-state index contributed by atoms with van der Waals surface area (Å²) < 4.78 is 28.0. The van der Waals surface area contributed by atoms with Crippen LogP contribution in [0.2, 0.25) is 5.02 Å². The van der Waals surface area contributed by atoms with E-state index in [1.165, 1.54) is 11.0 Å². The number of hydrogen-bond acceptors (Lipinski definition) is 3. The number of hydrogen-bond donors (Lipinski definition) is 0. The molecule has 1 heterocycles. The molecular weight excluding hydrogens is 402 g/mol. The van der Waals surface area contributed by atoms with Gasteiger partial charge in [0.05, 0.1) is 11.2 Å². The predicted molar refractivity (Wildman–Crippen MR) is 108 cm³/mol. The summed E-state index contributed by atoms with van der Waals surface area (Å²) in [5.74, 6) is -1.77. The summed E-state index contributed by atoms with van der Waals surface area (Å²) in [6, 6.07) is 17.9. The number of thiazole rings is 1. The van der Waals surface area contributed by atoms with Gasteiger partial charge in [-0.1, -0.05) is 59.3 Å². The van der Waals surface area contributed by atoms with Crippen molar-refractivity contribution in [1.82, 2.24) is 4.98 Å². The maximum Gasteiger partial charge on any atom is 0.260 e. The van der Waals surface area contributed by atoms with Crippen LogP contribution in [0.3, 0.4) is 0 Å². The lowest BCUT2D eigenvalue weighted by molar-refractivity contribution is 0.0985. The van der Waals surface area contributed by atoms with Crippen LogP contribution in [-0.4, -0.2) is 10.9 Å². The molecule has 0 N–H and O–H groups in total. The van der Waals surface area contributed by atoms with Gasteiger partial charge in [-0.3, -0.25) is 9.69 Å². The molecule has 0 aliphatic rings. The molecule has 140 valence electrons. The van der Waals surface area contributed by atoms with E-state index in [-0.39, 0.29) is 23.1 Å². The average Bonchev–Trinajstić information content (AvgIpc) is 3.10. The fraction of sp³-hybridized carbons (Fsp3) is 0.0476. The van der Waals surface area contributed by atoms with Gasteiger partial charge in [-0.15, -0.1) is 0 Å². The van der Waals surface area contributed by atoms with Crippen molar-refractivity contribution in [2.45, 2.75) is 6.54 Å². The van der Waals surface area contributed by atoms with Gasteiger partial charge in [0.25, 0.3) is 5.91 Å². The van der Waals surface area contributed by atoms with E-state index in [9.17, 15) is 13.6 Å². The first-order valence-corrected chi connectivity index (χ1v) is 9.57. The van der Waals surface area contributed by atoms with E-state index in [2.05, 4.69) is 4.98 Å². The summed E-state index contributed by atoms with van der Waals surface area (Å²) in [5, 5.41) is 0.719. The Hall–Kier alpha value is -2.83. The highest BCUT2D eigenvalue weighted by Crippen LogP contribution is 2.33. The van der Waals surface area contributed by atoms with Gasteiger partial charge < -0.3 is 0 Å². The Morgan fingerprint density at radius 1 is 1.04 bits per heavy atom. The van der Waals surface area contributed by atoms with Crippen LogP contribution in [0.5, 0.6) is 0 Å². The van der Waals surface area contributed by atoms with Crippen molar-refractivity contribution >= 4 is 44.2 Å². The third kappa shape index (κ3) is 3.74. The zero-order chi connectivity index (χ0) is 19.7. The fourth-order valence-corrected chi connectivity index (χ4v) is 4.02. The second kappa shape index (κ2) is 7.66. The van der Waals surface area contributed by atoms with E-state index in [0.717, 1.165) is 23.0 Å². The van der Waals surface area contributed by atoms with Crippen molar-refractivity contribution in [3.05, 3.63) is 94.5 Å². The van der Waals surface area contributed by atoms with Crippen molar-refractivity contribution in [1.29, 1.82) is 0 Å². The minimum Gasteiger partial charge on any atom is -0.279 e. The average molecular weight is 415 g/mol. The summed E-state index contributed by atoms with van der Waals surface area (Å²) in [5.41, 5.74) is 1.30. The minimum absolute atomic E-state index is 0.0401. The third-order valence-electron chi connectivity index (χ3n) is 4.13. The standard InChI is InChI=1S/C21H13ClF2N2OS/c22-15-8-4-7-14(9-15)20(27)26(12-13-5-2-1-3-6-13)21-25-19-17(24)10-16(23)11-18(19)28-21/h1-11H,12H2. The summed E-state index contributed by atoms with van der Waals surface area (Å²) in [6.07, 6.45) is 0. The zero-order valence-corrected chi connectivity index (χ0v) is 16.0. The highest BCUT2D eigenvalue weighted by atomic mass is 35.5. The van der Waals surface area contributed by atoms with Crippen molar-refractivity contribution in [2.75, 3.05) is 4.90 Å². The summed E-state index contributed by atoms with van der Waals surface area (Å²) in [6.45, 7) is 0.232. The molecule has 4 rings (SSSR count). The van der Waals surface area contributed by atoms with Gasteiger partial charge in [-0.05, 0) is 29.8 Å². The summed E-state index contributed by atoms with van der Waals surface area (Å²) >= 11 is 7.09. The molecule has 0 saturated carbocycles. The maximum atomic E-state index is 14.1. The van der Waals surface area contributed by atoms with Crippen LogP contribution < -0.4 is 4.90 Å². The number of amides is 1. The van der Waals surface area contributed by atoms with Crippen LogP contribution >= 0.6 is 22.9 Å². The second-order valence-electron chi connectivity index (χ2n) is 6.12. The lowest BCUT2D eigenvalue weighted by Crippen LogP contribution is -2.30. The normalized spacial score (nSPS) is 11.0. The van der Waals surface area contributed by atoms with Crippen LogP contribution in [0.1, 0.15) is 15.9 Å². The van der Waals surface area contributed by atoms with Crippen LogP contribution in [0.25, 0.3) is 10.2 Å². The van der Waals surface area contributed by atoms with Crippen molar-refractivity contribution in [3.63, 3.8) is 0 Å². The molecule has 0 saturated heterocycles. The lowest BCUT2D eigenvalue weighted by Gasteiger charge is -2.20. The van der Waals surface area contributed by atoms with Gasteiger partial charge in [0, 0.05) is 16.7 Å². The molecule has 1 amide bonds. The van der Waals surface area contributed by atoms with E-state index in [0.29, 0.717) is 15.3 Å². The molecule has 1 aromatic heterocycles. The Morgan fingerprint density at radius 3 is 2.57 bits per heavy atom. The Bertz CT molecular complexity index is 1160. The first kappa shape index (κ1) is 18.5. The Balaban J connectivity index is 1.80. The minimum atomic E-state index is -0.757. The number of fused-ring (bicyclic) bond motifs is 1. The van der Waals surface area contributed by atoms with E-state index in [4.69, 9.17) is 11.6 Å². The number of benzene rings is 3.